The van der Waals surface area contributed by atoms with Crippen LogP contribution in [0.3, 0.4) is 0 Å². The number of benzene rings is 1. The summed E-state index contributed by atoms with van der Waals surface area (Å²) in [5.74, 6) is 4.09. The molecule has 0 heterocycles. The molecule has 2 fully saturated rings. The number of esters is 1. The molecule has 196 valence electrons. The van der Waals surface area contributed by atoms with Crippen LogP contribution in [0.2, 0.25) is 0 Å². The summed E-state index contributed by atoms with van der Waals surface area (Å²) >= 11 is 0. The highest BCUT2D eigenvalue weighted by atomic mass is 16.5. The van der Waals surface area contributed by atoms with Gasteiger partial charge in [-0.25, -0.2) is 0 Å². The molecule has 2 unspecified atom stereocenters. The highest BCUT2D eigenvalue weighted by Crippen LogP contribution is 2.36. The minimum atomic E-state index is -0.0656. The molecular weight excluding hydrogens is 432 g/mol. The lowest BCUT2D eigenvalue weighted by Crippen LogP contribution is -2.25. The van der Waals surface area contributed by atoms with E-state index < -0.39 is 0 Å². The van der Waals surface area contributed by atoms with Crippen LogP contribution < -0.4 is 9.47 Å². The fraction of sp³-hybridized carbons (Fsp3) is 0.719. The van der Waals surface area contributed by atoms with Crippen molar-refractivity contribution in [2.75, 3.05) is 6.61 Å². The van der Waals surface area contributed by atoms with Crippen molar-refractivity contribution >= 4 is 5.97 Å². The number of hydrogen-bond acceptors (Lipinski definition) is 3. The van der Waals surface area contributed by atoms with Gasteiger partial charge in [-0.3, -0.25) is 4.79 Å². The molecule has 0 aliphatic heterocycles. The minimum Gasteiger partial charge on any atom is -0.494 e. The third-order valence-electron chi connectivity index (χ3n) is 8.48. The molecule has 2 saturated carbocycles. The molecule has 3 heteroatoms. The van der Waals surface area contributed by atoms with Gasteiger partial charge in [-0.05, 0) is 93.4 Å². The molecule has 0 radical (unpaired) electrons. The minimum absolute atomic E-state index is 0.0483. The summed E-state index contributed by atoms with van der Waals surface area (Å²) in [6.07, 6.45) is 23.4. The van der Waals surface area contributed by atoms with Crippen molar-refractivity contribution in [3.05, 3.63) is 36.9 Å². The lowest BCUT2D eigenvalue weighted by atomic mass is 9.74. The van der Waals surface area contributed by atoms with Gasteiger partial charge in [-0.15, -0.1) is 6.58 Å². The molecule has 2 atom stereocenters. The van der Waals surface area contributed by atoms with Crippen molar-refractivity contribution in [2.24, 2.45) is 23.7 Å². The Hall–Kier alpha value is -1.77. The molecule has 0 N–H and O–H groups in total. The van der Waals surface area contributed by atoms with E-state index in [0.29, 0.717) is 5.75 Å². The number of unbranched alkanes of at least 4 members (excludes halogenated alkanes) is 3. The number of hydrogen-bond donors (Lipinski definition) is 0. The normalized spacial score (nSPS) is 24.6. The average Bonchev–Trinajstić information content (AvgIpc) is 2.89. The average molecular weight is 483 g/mol. The van der Waals surface area contributed by atoms with Gasteiger partial charge in [0.25, 0.3) is 0 Å². The van der Waals surface area contributed by atoms with Crippen LogP contribution in [0.15, 0.2) is 36.9 Å². The highest BCUT2D eigenvalue weighted by Gasteiger charge is 2.27. The molecule has 0 bridgehead atoms. The Morgan fingerprint density at radius 2 is 1.51 bits per heavy atom. The first-order valence-corrected chi connectivity index (χ1v) is 14.7. The van der Waals surface area contributed by atoms with Crippen LogP contribution in [0.5, 0.6) is 11.5 Å². The zero-order chi connectivity index (χ0) is 24.7. The maximum Gasteiger partial charge on any atom is 0.314 e. The van der Waals surface area contributed by atoms with E-state index in [-0.39, 0.29) is 11.9 Å². The smallest absolute Gasteiger partial charge is 0.314 e. The van der Waals surface area contributed by atoms with E-state index >= 15 is 0 Å². The molecule has 3 nitrogen and oxygen atoms in total. The zero-order valence-corrected chi connectivity index (χ0v) is 22.4. The third-order valence-corrected chi connectivity index (χ3v) is 8.48. The van der Waals surface area contributed by atoms with Crippen LogP contribution in [0.1, 0.15) is 116 Å². The summed E-state index contributed by atoms with van der Waals surface area (Å²) in [6.45, 7) is 6.87. The summed E-state index contributed by atoms with van der Waals surface area (Å²) < 4.78 is 11.7. The topological polar surface area (TPSA) is 35.5 Å². The molecule has 0 spiro atoms. The van der Waals surface area contributed by atoms with Gasteiger partial charge in [0.15, 0.2) is 0 Å². The summed E-state index contributed by atoms with van der Waals surface area (Å²) in [4.78, 5) is 12.6. The number of carbonyl (C=O) groups excluding carboxylic acids is 1. The van der Waals surface area contributed by atoms with Gasteiger partial charge in [-0.2, -0.15) is 0 Å². The Kier molecular flexibility index (Phi) is 12.8. The number of carbonyl (C=O) groups is 1. The van der Waals surface area contributed by atoms with Gasteiger partial charge < -0.3 is 9.47 Å². The Labute approximate surface area is 215 Å². The number of rotatable bonds is 15. The van der Waals surface area contributed by atoms with Crippen LogP contribution in [-0.4, -0.2) is 12.6 Å². The van der Waals surface area contributed by atoms with E-state index in [4.69, 9.17) is 9.47 Å². The second-order valence-corrected chi connectivity index (χ2v) is 11.1. The van der Waals surface area contributed by atoms with Gasteiger partial charge in [0.05, 0.1) is 12.5 Å². The van der Waals surface area contributed by atoms with Crippen LogP contribution in [0.4, 0.5) is 0 Å². The van der Waals surface area contributed by atoms with E-state index in [1.54, 1.807) is 0 Å². The standard InChI is InChI=1S/C32H50O3/c1-3-5-7-12-26-17-19-29(20-18-26)32(33)35-31-23-21-30(22-24-31)34-25-11-16-28-15-10-9-14-27(28)13-8-6-4-2/h3,21-24,26-29H,1,4-20,25H2,2H3. The molecule has 2 aliphatic rings. The van der Waals surface area contributed by atoms with E-state index in [1.165, 1.54) is 70.6 Å². The SMILES string of the molecule is C=CCCCC1CCC(C(=O)Oc2ccc(OCCCC3CCCCC3CCCCC)cc2)CC1. The molecule has 3 rings (SSSR count). The molecule has 35 heavy (non-hydrogen) atoms. The van der Waals surface area contributed by atoms with Gasteiger partial charge in [0.2, 0.25) is 0 Å². The van der Waals surface area contributed by atoms with Crippen LogP contribution in [-0.2, 0) is 4.79 Å². The van der Waals surface area contributed by atoms with Gasteiger partial charge in [-0.1, -0.05) is 70.8 Å². The summed E-state index contributed by atoms with van der Waals surface area (Å²) in [5, 5.41) is 0. The largest absolute Gasteiger partial charge is 0.494 e. The number of allylic oxidation sites excluding steroid dienone is 1. The maximum absolute atomic E-state index is 12.6. The Bertz CT molecular complexity index is 717. The first kappa shape index (κ1) is 27.8. The van der Waals surface area contributed by atoms with Gasteiger partial charge in [0.1, 0.15) is 11.5 Å². The molecule has 1 aromatic rings. The fourth-order valence-corrected chi connectivity index (χ4v) is 6.28. The summed E-state index contributed by atoms with van der Waals surface area (Å²) in [5.41, 5.74) is 0. The third kappa shape index (κ3) is 10.0. The van der Waals surface area contributed by atoms with Crippen LogP contribution >= 0.6 is 0 Å². The second kappa shape index (κ2) is 16.1. The first-order valence-electron chi connectivity index (χ1n) is 14.7. The van der Waals surface area contributed by atoms with E-state index in [1.807, 2.05) is 30.3 Å². The molecular formula is C32H50O3. The lowest BCUT2D eigenvalue weighted by molar-refractivity contribution is -0.140. The zero-order valence-electron chi connectivity index (χ0n) is 22.4. The van der Waals surface area contributed by atoms with Gasteiger partial charge in [0, 0.05) is 0 Å². The monoisotopic (exact) mass is 482 g/mol. The molecule has 0 amide bonds. The number of ether oxygens (including phenoxy) is 2. The van der Waals surface area contributed by atoms with E-state index in [0.717, 1.165) is 68.6 Å². The second-order valence-electron chi connectivity index (χ2n) is 11.1. The Balaban J connectivity index is 1.32. The first-order chi connectivity index (χ1) is 17.2. The predicted molar refractivity (Wildman–Crippen MR) is 146 cm³/mol. The molecule has 0 aromatic heterocycles. The summed E-state index contributed by atoms with van der Waals surface area (Å²) in [6, 6.07) is 7.62. The van der Waals surface area contributed by atoms with Crippen molar-refractivity contribution in [1.29, 1.82) is 0 Å². The quantitative estimate of drug-likeness (QED) is 0.108. The predicted octanol–water partition coefficient (Wildman–Crippen LogP) is 9.30. The van der Waals surface area contributed by atoms with Crippen molar-refractivity contribution in [3.63, 3.8) is 0 Å². The van der Waals surface area contributed by atoms with Crippen LogP contribution in [0.25, 0.3) is 0 Å². The Morgan fingerprint density at radius 1 is 0.857 bits per heavy atom. The fourth-order valence-electron chi connectivity index (χ4n) is 6.28. The van der Waals surface area contributed by atoms with E-state index in [2.05, 4.69) is 13.5 Å². The highest BCUT2D eigenvalue weighted by molar-refractivity contribution is 5.75. The van der Waals surface area contributed by atoms with E-state index in [9.17, 15) is 4.79 Å². The molecule has 1 aromatic carbocycles. The van der Waals surface area contributed by atoms with Gasteiger partial charge >= 0.3 is 5.97 Å². The summed E-state index contributed by atoms with van der Waals surface area (Å²) in [7, 11) is 0. The molecule has 2 aliphatic carbocycles. The lowest BCUT2D eigenvalue weighted by Gasteiger charge is -2.31. The van der Waals surface area contributed by atoms with Crippen molar-refractivity contribution in [3.8, 4) is 11.5 Å². The van der Waals surface area contributed by atoms with Crippen LogP contribution in [0, 0.1) is 23.7 Å². The van der Waals surface area contributed by atoms with Crippen molar-refractivity contribution in [2.45, 2.75) is 116 Å². The van der Waals surface area contributed by atoms with Crippen molar-refractivity contribution < 1.29 is 14.3 Å². The maximum atomic E-state index is 12.6. The Morgan fingerprint density at radius 3 is 2.17 bits per heavy atom. The molecule has 0 saturated heterocycles. The van der Waals surface area contributed by atoms with Crippen molar-refractivity contribution in [1.82, 2.24) is 0 Å².